The molecule has 1 rings (SSSR count). The van der Waals surface area contributed by atoms with E-state index in [9.17, 15) is 4.79 Å². The number of hydrogen-bond donors (Lipinski definition) is 1. The predicted molar refractivity (Wildman–Crippen MR) is 48.1 cm³/mol. The Morgan fingerprint density at radius 3 is 2.92 bits per heavy atom. The highest BCUT2D eigenvalue weighted by molar-refractivity contribution is 5.95. The molecule has 0 saturated carbocycles. The number of urea groups is 1. The number of amidine groups is 1. The Morgan fingerprint density at radius 2 is 2.42 bits per heavy atom. The van der Waals surface area contributed by atoms with Gasteiger partial charge in [0.05, 0.1) is 0 Å². The quantitative estimate of drug-likeness (QED) is 0.669. The van der Waals surface area contributed by atoms with Crippen LogP contribution in [-0.4, -0.2) is 29.4 Å². The maximum absolute atomic E-state index is 11.3. The normalized spacial score (nSPS) is 20.7. The third kappa shape index (κ3) is 1.75. The zero-order valence-corrected chi connectivity index (χ0v) is 7.58. The molecular formula is C8H15N3O. The van der Waals surface area contributed by atoms with E-state index in [1.165, 1.54) is 0 Å². The Morgan fingerprint density at radius 1 is 1.75 bits per heavy atom. The van der Waals surface area contributed by atoms with Gasteiger partial charge in [0.15, 0.2) is 0 Å². The monoisotopic (exact) mass is 169 g/mol. The minimum atomic E-state index is -0.187. The van der Waals surface area contributed by atoms with Gasteiger partial charge in [-0.15, -0.1) is 0 Å². The highest BCUT2D eigenvalue weighted by Crippen LogP contribution is 2.10. The molecule has 1 atom stereocenters. The minimum absolute atomic E-state index is 0.187. The molecule has 12 heavy (non-hydrogen) atoms. The number of hydrogen-bond acceptors (Lipinski definition) is 2. The number of nitrogens with zero attached hydrogens (tertiary/aromatic N) is 2. The van der Waals surface area contributed by atoms with E-state index < -0.39 is 0 Å². The summed E-state index contributed by atoms with van der Waals surface area (Å²) in [6.45, 7) is 4.79. The summed E-state index contributed by atoms with van der Waals surface area (Å²) in [6.07, 6.45) is 1.66. The van der Waals surface area contributed by atoms with Gasteiger partial charge in [-0.05, 0) is 13.3 Å². The third-order valence-electron chi connectivity index (χ3n) is 2.22. The molecular weight excluding hydrogens is 154 g/mol. The van der Waals surface area contributed by atoms with Gasteiger partial charge >= 0.3 is 6.03 Å². The summed E-state index contributed by atoms with van der Waals surface area (Å²) in [5.74, 6) is 0.458. The maximum Gasteiger partial charge on any atom is 0.345 e. The molecule has 1 unspecified atom stereocenters. The second-order valence-corrected chi connectivity index (χ2v) is 3.09. The summed E-state index contributed by atoms with van der Waals surface area (Å²) >= 11 is 0. The first kappa shape index (κ1) is 9.03. The fourth-order valence-electron chi connectivity index (χ4n) is 1.20. The van der Waals surface area contributed by atoms with Crippen LogP contribution in [0, 0.1) is 0 Å². The first-order valence-electron chi connectivity index (χ1n) is 4.28. The zero-order valence-electron chi connectivity index (χ0n) is 7.58. The van der Waals surface area contributed by atoms with Crippen molar-refractivity contribution in [3.05, 3.63) is 0 Å². The summed E-state index contributed by atoms with van der Waals surface area (Å²) in [6, 6.07) is 0.0856. The molecule has 0 aromatic rings. The number of amides is 2. The van der Waals surface area contributed by atoms with Gasteiger partial charge in [0.1, 0.15) is 5.84 Å². The summed E-state index contributed by atoms with van der Waals surface area (Å²) in [5.41, 5.74) is 5.43. The van der Waals surface area contributed by atoms with Gasteiger partial charge in [-0.25, -0.2) is 4.79 Å². The van der Waals surface area contributed by atoms with Crippen LogP contribution in [0.2, 0.25) is 0 Å². The predicted octanol–water partition coefficient (Wildman–Crippen LogP) is 0.968. The Kier molecular flexibility index (Phi) is 2.68. The van der Waals surface area contributed by atoms with Crippen molar-refractivity contribution in [1.29, 1.82) is 0 Å². The molecule has 4 heteroatoms. The van der Waals surface area contributed by atoms with Crippen LogP contribution >= 0.6 is 0 Å². The highest BCUT2D eigenvalue weighted by atomic mass is 16.2. The first-order valence-corrected chi connectivity index (χ1v) is 4.28. The fourth-order valence-corrected chi connectivity index (χ4v) is 1.20. The van der Waals surface area contributed by atoms with Crippen LogP contribution in [0.15, 0.2) is 4.99 Å². The van der Waals surface area contributed by atoms with E-state index in [1.807, 2.05) is 6.92 Å². The van der Waals surface area contributed by atoms with Crippen LogP contribution < -0.4 is 5.73 Å². The molecule has 0 saturated heterocycles. The fraction of sp³-hybridized carbons (Fsp3) is 0.750. The van der Waals surface area contributed by atoms with E-state index in [2.05, 4.69) is 11.9 Å². The summed E-state index contributed by atoms with van der Waals surface area (Å²) in [7, 11) is 0. The average Bonchev–Trinajstić information content (AvgIpc) is 2.03. The minimum Gasteiger partial charge on any atom is -0.387 e. The molecule has 0 aromatic carbocycles. The van der Waals surface area contributed by atoms with E-state index in [0.717, 1.165) is 6.42 Å². The van der Waals surface area contributed by atoms with Crippen molar-refractivity contribution < 1.29 is 4.79 Å². The van der Waals surface area contributed by atoms with E-state index in [-0.39, 0.29) is 12.1 Å². The van der Waals surface area contributed by atoms with Gasteiger partial charge in [-0.1, -0.05) is 6.92 Å². The van der Waals surface area contributed by atoms with Gasteiger partial charge in [-0.2, -0.15) is 4.99 Å². The molecule has 68 valence electrons. The standard InChI is InChI=1S/C8H15N3O/c1-3-6(2)11-5-4-7(9)10-8(11)12/h6H,3-5H2,1-2H3,(H2,9,10,12). The molecule has 1 heterocycles. The number of aliphatic imine (C=N–C) groups is 1. The van der Waals surface area contributed by atoms with Gasteiger partial charge in [0.25, 0.3) is 0 Å². The Bertz CT molecular complexity index is 212. The molecule has 0 bridgehead atoms. The molecule has 0 radical (unpaired) electrons. The zero-order chi connectivity index (χ0) is 9.14. The Balaban J connectivity index is 2.65. The molecule has 4 nitrogen and oxygen atoms in total. The van der Waals surface area contributed by atoms with Crippen LogP contribution in [0.25, 0.3) is 0 Å². The summed E-state index contributed by atoms with van der Waals surface area (Å²) in [5, 5.41) is 0. The third-order valence-corrected chi connectivity index (χ3v) is 2.22. The molecule has 0 fully saturated rings. The van der Waals surface area contributed by atoms with Gasteiger partial charge in [0, 0.05) is 19.0 Å². The second kappa shape index (κ2) is 3.56. The Hall–Kier alpha value is -1.06. The van der Waals surface area contributed by atoms with E-state index >= 15 is 0 Å². The smallest absolute Gasteiger partial charge is 0.345 e. The van der Waals surface area contributed by atoms with Crippen LogP contribution in [0.4, 0.5) is 4.79 Å². The van der Waals surface area contributed by atoms with Crippen molar-refractivity contribution in [2.45, 2.75) is 32.7 Å². The molecule has 1 aliphatic rings. The van der Waals surface area contributed by atoms with E-state index in [1.54, 1.807) is 4.90 Å². The number of carbonyl (C=O) groups is 1. The van der Waals surface area contributed by atoms with Crippen molar-refractivity contribution in [1.82, 2.24) is 4.90 Å². The van der Waals surface area contributed by atoms with Crippen LogP contribution in [0.5, 0.6) is 0 Å². The lowest BCUT2D eigenvalue weighted by Gasteiger charge is -2.29. The molecule has 0 aliphatic carbocycles. The van der Waals surface area contributed by atoms with Crippen LogP contribution in [0.1, 0.15) is 26.7 Å². The van der Waals surface area contributed by atoms with Crippen molar-refractivity contribution >= 4 is 11.9 Å². The molecule has 1 aliphatic heterocycles. The van der Waals surface area contributed by atoms with Gasteiger partial charge < -0.3 is 10.6 Å². The van der Waals surface area contributed by atoms with Crippen LogP contribution in [0.3, 0.4) is 0 Å². The Labute approximate surface area is 72.4 Å². The molecule has 0 aromatic heterocycles. The van der Waals surface area contributed by atoms with Crippen molar-refractivity contribution in [2.75, 3.05) is 6.54 Å². The number of nitrogens with two attached hydrogens (primary N) is 1. The largest absolute Gasteiger partial charge is 0.387 e. The summed E-state index contributed by atoms with van der Waals surface area (Å²) in [4.78, 5) is 16.7. The van der Waals surface area contributed by atoms with Crippen molar-refractivity contribution in [2.24, 2.45) is 10.7 Å². The lowest BCUT2D eigenvalue weighted by Crippen LogP contribution is -2.42. The number of rotatable bonds is 2. The maximum atomic E-state index is 11.3. The van der Waals surface area contributed by atoms with Crippen molar-refractivity contribution in [3.63, 3.8) is 0 Å². The molecule has 2 N–H and O–H groups in total. The second-order valence-electron chi connectivity index (χ2n) is 3.09. The lowest BCUT2D eigenvalue weighted by molar-refractivity contribution is 0.186. The van der Waals surface area contributed by atoms with E-state index in [0.29, 0.717) is 18.8 Å². The average molecular weight is 169 g/mol. The van der Waals surface area contributed by atoms with E-state index in [4.69, 9.17) is 5.73 Å². The van der Waals surface area contributed by atoms with Crippen LogP contribution in [-0.2, 0) is 0 Å². The molecule has 0 spiro atoms. The first-order chi connectivity index (χ1) is 5.65. The number of carbonyl (C=O) groups excluding carboxylic acids is 1. The SMILES string of the molecule is CCC(C)N1CCC(N)=NC1=O. The lowest BCUT2D eigenvalue weighted by atomic mass is 10.2. The van der Waals surface area contributed by atoms with Crippen molar-refractivity contribution in [3.8, 4) is 0 Å². The topological polar surface area (TPSA) is 58.7 Å². The van der Waals surface area contributed by atoms with Gasteiger partial charge in [0.2, 0.25) is 0 Å². The molecule has 2 amide bonds. The van der Waals surface area contributed by atoms with Gasteiger partial charge in [-0.3, -0.25) is 0 Å². The summed E-state index contributed by atoms with van der Waals surface area (Å²) < 4.78 is 0. The highest BCUT2D eigenvalue weighted by Gasteiger charge is 2.22.